The molecule has 0 heterocycles. The Labute approximate surface area is 95.3 Å². The lowest BCUT2D eigenvalue weighted by Gasteiger charge is -2.10. The largest absolute Gasteiger partial charge is 0.283 e. The van der Waals surface area contributed by atoms with E-state index in [9.17, 15) is 8.42 Å². The van der Waals surface area contributed by atoms with Crippen LogP contribution in [-0.4, -0.2) is 19.9 Å². The van der Waals surface area contributed by atoms with Gasteiger partial charge in [-0.1, -0.05) is 0 Å². The van der Waals surface area contributed by atoms with E-state index < -0.39 is 15.3 Å². The molecule has 0 spiro atoms. The van der Waals surface area contributed by atoms with E-state index in [4.69, 9.17) is 0 Å². The maximum Gasteiger partial charge on any atom is 0.235 e. The highest BCUT2D eigenvalue weighted by Gasteiger charge is 2.14. The second-order valence-electron chi connectivity index (χ2n) is 3.42. The van der Waals surface area contributed by atoms with E-state index in [1.165, 1.54) is 0 Å². The van der Waals surface area contributed by atoms with Crippen molar-refractivity contribution in [3.8, 4) is 0 Å². The van der Waals surface area contributed by atoms with Crippen LogP contribution in [0.3, 0.4) is 0 Å². The van der Waals surface area contributed by atoms with Crippen LogP contribution in [0.2, 0.25) is 0 Å². The first kappa shape index (κ1) is 12.4. The third-order valence-corrected chi connectivity index (χ3v) is 4.48. The first-order valence-corrected chi connectivity index (χ1v) is 7.38. The van der Waals surface area contributed by atoms with E-state index in [1.807, 2.05) is 18.4 Å². The molecule has 0 radical (unpaired) electrons. The number of hydrogen-bond donors (Lipinski definition) is 1. The first-order chi connectivity index (χ1) is 6.95. The van der Waals surface area contributed by atoms with Crippen molar-refractivity contribution < 1.29 is 8.42 Å². The molecule has 15 heavy (non-hydrogen) atoms. The van der Waals surface area contributed by atoms with Gasteiger partial charge < -0.3 is 0 Å². The third-order valence-electron chi connectivity index (χ3n) is 1.97. The van der Waals surface area contributed by atoms with Gasteiger partial charge >= 0.3 is 0 Å². The second kappa shape index (κ2) is 4.90. The molecule has 1 aromatic rings. The molecule has 0 atom stereocenters. The Balaban J connectivity index is 2.82. The summed E-state index contributed by atoms with van der Waals surface area (Å²) in [6.07, 6.45) is 1.98. The van der Waals surface area contributed by atoms with Gasteiger partial charge in [0.2, 0.25) is 10.0 Å². The minimum absolute atomic E-state index is 0.419. The quantitative estimate of drug-likeness (QED) is 0.829. The minimum Gasteiger partial charge on any atom is -0.283 e. The average Bonchev–Trinajstić information content (AvgIpc) is 2.18. The summed E-state index contributed by atoms with van der Waals surface area (Å²) in [5.74, 6) is 0. The van der Waals surface area contributed by atoms with Crippen molar-refractivity contribution in [2.24, 2.45) is 0 Å². The van der Waals surface area contributed by atoms with Crippen molar-refractivity contribution in [2.45, 2.75) is 24.0 Å². The fraction of sp³-hybridized carbons (Fsp3) is 0.400. The summed E-state index contributed by atoms with van der Waals surface area (Å²) < 4.78 is 25.6. The molecule has 1 rings (SSSR count). The Bertz CT molecular complexity index is 410. The highest BCUT2D eigenvalue weighted by atomic mass is 32.2. The molecule has 3 nitrogen and oxygen atoms in total. The molecule has 1 aromatic carbocycles. The van der Waals surface area contributed by atoms with Crippen LogP contribution in [-0.2, 0) is 10.0 Å². The number of rotatable bonds is 4. The van der Waals surface area contributed by atoms with Gasteiger partial charge in [-0.3, -0.25) is 4.72 Å². The molecule has 0 aliphatic rings. The molecule has 5 heteroatoms. The summed E-state index contributed by atoms with van der Waals surface area (Å²) in [7, 11) is -3.23. The smallest absolute Gasteiger partial charge is 0.235 e. The Kier molecular flexibility index (Phi) is 4.04. The first-order valence-electron chi connectivity index (χ1n) is 4.61. The molecule has 1 N–H and O–H groups in total. The van der Waals surface area contributed by atoms with Crippen molar-refractivity contribution in [2.75, 3.05) is 11.0 Å². The van der Waals surface area contributed by atoms with E-state index in [-0.39, 0.29) is 0 Å². The summed E-state index contributed by atoms with van der Waals surface area (Å²) in [6, 6.07) is 7.32. The zero-order chi connectivity index (χ0) is 11.5. The average molecular weight is 245 g/mol. The van der Waals surface area contributed by atoms with Gasteiger partial charge in [-0.15, -0.1) is 11.8 Å². The normalized spacial score (nSPS) is 11.7. The molecule has 0 aliphatic carbocycles. The van der Waals surface area contributed by atoms with Crippen LogP contribution >= 0.6 is 11.8 Å². The maximum atomic E-state index is 11.5. The molecule has 84 valence electrons. The highest BCUT2D eigenvalue weighted by Crippen LogP contribution is 2.18. The minimum atomic E-state index is -3.23. The lowest BCUT2D eigenvalue weighted by molar-refractivity contribution is 0.593. The van der Waals surface area contributed by atoms with Crippen LogP contribution in [0.5, 0.6) is 0 Å². The fourth-order valence-electron chi connectivity index (χ4n) is 0.941. The van der Waals surface area contributed by atoms with Gasteiger partial charge in [0.15, 0.2) is 0 Å². The van der Waals surface area contributed by atoms with Crippen molar-refractivity contribution >= 4 is 27.5 Å². The zero-order valence-electron chi connectivity index (χ0n) is 9.02. The number of sulfonamides is 1. The monoisotopic (exact) mass is 245 g/mol. The summed E-state index contributed by atoms with van der Waals surface area (Å²) in [4.78, 5) is 1.11. The number of anilines is 1. The number of hydrogen-bond acceptors (Lipinski definition) is 3. The van der Waals surface area contributed by atoms with Crippen LogP contribution in [0, 0.1) is 0 Å². The molecule has 0 aromatic heterocycles. The Morgan fingerprint density at radius 2 is 1.73 bits per heavy atom. The van der Waals surface area contributed by atoms with Gasteiger partial charge in [-0.05, 0) is 44.4 Å². The molecule has 0 amide bonds. The number of thioether (sulfide) groups is 1. The highest BCUT2D eigenvalue weighted by molar-refractivity contribution is 7.98. The molecule has 0 unspecified atom stereocenters. The SMILES string of the molecule is CSc1ccc(NS(=O)(=O)C(C)C)cc1. The van der Waals surface area contributed by atoms with E-state index in [2.05, 4.69) is 4.72 Å². The molecule has 0 bridgehead atoms. The topological polar surface area (TPSA) is 46.2 Å². The predicted octanol–water partition coefficient (Wildman–Crippen LogP) is 2.56. The van der Waals surface area contributed by atoms with Crippen LogP contribution in [0.25, 0.3) is 0 Å². The Morgan fingerprint density at radius 3 is 2.13 bits per heavy atom. The van der Waals surface area contributed by atoms with Gasteiger partial charge in [0.1, 0.15) is 0 Å². The molecular weight excluding hydrogens is 230 g/mol. The van der Waals surface area contributed by atoms with Gasteiger partial charge in [0.25, 0.3) is 0 Å². The van der Waals surface area contributed by atoms with Crippen molar-refractivity contribution in [1.82, 2.24) is 0 Å². The van der Waals surface area contributed by atoms with Crippen molar-refractivity contribution in [3.63, 3.8) is 0 Å². The van der Waals surface area contributed by atoms with Crippen molar-refractivity contribution in [1.29, 1.82) is 0 Å². The van der Waals surface area contributed by atoms with Crippen molar-refractivity contribution in [3.05, 3.63) is 24.3 Å². The van der Waals surface area contributed by atoms with Crippen LogP contribution < -0.4 is 4.72 Å². The van der Waals surface area contributed by atoms with Gasteiger partial charge in [0.05, 0.1) is 5.25 Å². The predicted molar refractivity (Wildman–Crippen MR) is 65.9 cm³/mol. The van der Waals surface area contributed by atoms with E-state index in [0.29, 0.717) is 5.69 Å². The zero-order valence-corrected chi connectivity index (χ0v) is 10.7. The lowest BCUT2D eigenvalue weighted by atomic mass is 10.3. The van der Waals surface area contributed by atoms with Gasteiger partial charge in [-0.25, -0.2) is 8.42 Å². The van der Waals surface area contributed by atoms with E-state index in [1.54, 1.807) is 37.7 Å². The second-order valence-corrected chi connectivity index (χ2v) is 6.54. The maximum absolute atomic E-state index is 11.5. The summed E-state index contributed by atoms with van der Waals surface area (Å²) in [5.41, 5.74) is 0.613. The van der Waals surface area contributed by atoms with Crippen LogP contribution in [0.1, 0.15) is 13.8 Å². The summed E-state index contributed by atoms with van der Waals surface area (Å²) in [6.45, 7) is 3.30. The molecular formula is C10H15NO2S2. The van der Waals surface area contributed by atoms with Crippen LogP contribution in [0.4, 0.5) is 5.69 Å². The van der Waals surface area contributed by atoms with Gasteiger partial charge in [0, 0.05) is 10.6 Å². The summed E-state index contributed by atoms with van der Waals surface area (Å²) >= 11 is 1.62. The summed E-state index contributed by atoms with van der Waals surface area (Å²) in [5, 5.41) is -0.419. The Hall–Kier alpha value is -0.680. The Morgan fingerprint density at radius 1 is 1.20 bits per heavy atom. The number of benzene rings is 1. The standard InChI is InChI=1S/C10H15NO2S2/c1-8(2)15(12,13)11-9-4-6-10(14-3)7-5-9/h4-8,11H,1-3H3. The van der Waals surface area contributed by atoms with Gasteiger partial charge in [-0.2, -0.15) is 0 Å². The van der Waals surface area contributed by atoms with Crippen LogP contribution in [0.15, 0.2) is 29.2 Å². The van der Waals surface area contributed by atoms with E-state index in [0.717, 1.165) is 4.90 Å². The fourth-order valence-corrected chi connectivity index (χ4v) is 2.05. The number of nitrogens with one attached hydrogen (secondary N) is 1. The van der Waals surface area contributed by atoms with E-state index >= 15 is 0 Å². The third kappa shape index (κ3) is 3.43. The molecule has 0 fully saturated rings. The lowest BCUT2D eigenvalue weighted by Crippen LogP contribution is -2.22. The molecule has 0 saturated carbocycles. The molecule has 0 aliphatic heterocycles. The molecule has 0 saturated heterocycles.